The van der Waals surface area contributed by atoms with Crippen LogP contribution in [0.2, 0.25) is 0 Å². The summed E-state index contributed by atoms with van der Waals surface area (Å²) in [6.07, 6.45) is 0. The van der Waals surface area contributed by atoms with E-state index >= 15 is 0 Å². The van der Waals surface area contributed by atoms with Crippen LogP contribution in [0, 0.1) is 3.57 Å². The molecule has 0 aliphatic heterocycles. The molecule has 0 heterocycles. The molecule has 0 radical (unpaired) electrons. The van der Waals surface area contributed by atoms with E-state index in [1.807, 2.05) is 24.3 Å². The van der Waals surface area contributed by atoms with Crippen molar-refractivity contribution in [1.82, 2.24) is 0 Å². The van der Waals surface area contributed by atoms with E-state index in [1.165, 1.54) is 0 Å². The van der Waals surface area contributed by atoms with Gasteiger partial charge in [-0.2, -0.15) is 0 Å². The van der Waals surface area contributed by atoms with Gasteiger partial charge >= 0.3 is 0 Å². The molecule has 104 valence electrons. The predicted octanol–water partition coefficient (Wildman–Crippen LogP) is 3.65. The molecule has 6 heteroatoms. The highest BCUT2D eigenvalue weighted by Gasteiger charge is 2.07. The fraction of sp³-hybridized carbons (Fsp3) is 0.0714. The summed E-state index contributed by atoms with van der Waals surface area (Å²) in [5.41, 5.74) is 6.93. The lowest BCUT2D eigenvalue weighted by Crippen LogP contribution is -2.20. The standard InChI is InChI=1S/C14H12BrIN2O2/c15-12-7-10(17)4-5-13(12)18-14(19)8-20-11-3-1-2-9(16)6-11/h1-7H,8,17H2,(H,18,19). The van der Waals surface area contributed by atoms with Crippen LogP contribution in [-0.4, -0.2) is 12.5 Å². The molecule has 2 aromatic rings. The minimum Gasteiger partial charge on any atom is -0.484 e. The lowest BCUT2D eigenvalue weighted by atomic mass is 10.3. The molecule has 0 saturated carbocycles. The second-order valence-electron chi connectivity index (χ2n) is 4.03. The van der Waals surface area contributed by atoms with Gasteiger partial charge in [-0.15, -0.1) is 0 Å². The molecule has 0 saturated heterocycles. The largest absolute Gasteiger partial charge is 0.484 e. The number of benzene rings is 2. The number of hydrogen-bond donors (Lipinski definition) is 2. The summed E-state index contributed by atoms with van der Waals surface area (Å²) in [4.78, 5) is 11.8. The molecule has 20 heavy (non-hydrogen) atoms. The number of ether oxygens (including phenoxy) is 1. The van der Waals surface area contributed by atoms with Crippen molar-refractivity contribution in [3.8, 4) is 5.75 Å². The number of carbonyl (C=O) groups is 1. The number of nitrogens with one attached hydrogen (secondary N) is 1. The minimum atomic E-state index is -0.227. The second-order valence-corrected chi connectivity index (χ2v) is 6.13. The average Bonchev–Trinajstić information content (AvgIpc) is 2.40. The van der Waals surface area contributed by atoms with Gasteiger partial charge in [-0.05, 0) is 74.9 Å². The Labute approximate surface area is 139 Å². The van der Waals surface area contributed by atoms with E-state index in [9.17, 15) is 4.79 Å². The van der Waals surface area contributed by atoms with Gasteiger partial charge in [-0.25, -0.2) is 0 Å². The van der Waals surface area contributed by atoms with Gasteiger partial charge in [0.1, 0.15) is 5.75 Å². The van der Waals surface area contributed by atoms with Gasteiger partial charge in [0.2, 0.25) is 0 Å². The predicted molar refractivity (Wildman–Crippen MR) is 91.8 cm³/mol. The zero-order valence-electron chi connectivity index (χ0n) is 10.4. The van der Waals surface area contributed by atoms with Gasteiger partial charge < -0.3 is 15.8 Å². The van der Waals surface area contributed by atoms with Gasteiger partial charge in [0.05, 0.1) is 5.69 Å². The van der Waals surface area contributed by atoms with E-state index < -0.39 is 0 Å². The first-order valence-electron chi connectivity index (χ1n) is 5.78. The van der Waals surface area contributed by atoms with Gasteiger partial charge in [0.15, 0.2) is 6.61 Å². The van der Waals surface area contributed by atoms with E-state index in [0.29, 0.717) is 17.1 Å². The minimum absolute atomic E-state index is 0.0447. The number of halogens is 2. The monoisotopic (exact) mass is 446 g/mol. The molecule has 3 N–H and O–H groups in total. The summed E-state index contributed by atoms with van der Waals surface area (Å²) < 4.78 is 7.22. The van der Waals surface area contributed by atoms with Crippen molar-refractivity contribution < 1.29 is 9.53 Å². The lowest BCUT2D eigenvalue weighted by Gasteiger charge is -2.09. The van der Waals surface area contributed by atoms with Crippen LogP contribution in [0.3, 0.4) is 0 Å². The van der Waals surface area contributed by atoms with Crippen molar-refractivity contribution >= 4 is 55.8 Å². The molecule has 0 aliphatic carbocycles. The van der Waals surface area contributed by atoms with E-state index in [1.54, 1.807) is 18.2 Å². The highest BCUT2D eigenvalue weighted by Crippen LogP contribution is 2.24. The molecular formula is C14H12BrIN2O2. The number of nitrogen functional groups attached to an aromatic ring is 1. The maximum Gasteiger partial charge on any atom is 0.262 e. The zero-order valence-corrected chi connectivity index (χ0v) is 14.1. The van der Waals surface area contributed by atoms with Gasteiger partial charge in [0.25, 0.3) is 5.91 Å². The van der Waals surface area contributed by atoms with Gasteiger partial charge in [-0.3, -0.25) is 4.79 Å². The molecule has 0 aliphatic rings. The fourth-order valence-corrected chi connectivity index (χ4v) is 2.53. The number of rotatable bonds is 4. The van der Waals surface area contributed by atoms with Crippen LogP contribution in [0.1, 0.15) is 0 Å². The Morgan fingerprint density at radius 3 is 2.80 bits per heavy atom. The first kappa shape index (κ1) is 15.1. The molecular weight excluding hydrogens is 435 g/mol. The SMILES string of the molecule is Nc1ccc(NC(=O)COc2cccc(I)c2)c(Br)c1. The molecule has 0 atom stereocenters. The molecule has 0 spiro atoms. The molecule has 0 aromatic heterocycles. The number of hydrogen-bond acceptors (Lipinski definition) is 3. The topological polar surface area (TPSA) is 64.3 Å². The average molecular weight is 447 g/mol. The molecule has 2 aromatic carbocycles. The van der Waals surface area contributed by atoms with Crippen LogP contribution in [-0.2, 0) is 4.79 Å². The van der Waals surface area contributed by atoms with E-state index in [4.69, 9.17) is 10.5 Å². The summed E-state index contributed by atoms with van der Waals surface area (Å²) in [6, 6.07) is 12.7. The van der Waals surface area contributed by atoms with Crippen molar-refractivity contribution in [3.05, 3.63) is 50.5 Å². The van der Waals surface area contributed by atoms with E-state index in [2.05, 4.69) is 43.8 Å². The van der Waals surface area contributed by atoms with Crippen molar-refractivity contribution in [2.75, 3.05) is 17.7 Å². The van der Waals surface area contributed by atoms with Crippen molar-refractivity contribution in [2.45, 2.75) is 0 Å². The Morgan fingerprint density at radius 1 is 1.30 bits per heavy atom. The molecule has 4 nitrogen and oxygen atoms in total. The Bertz CT molecular complexity index is 634. The maximum atomic E-state index is 11.8. The molecule has 0 unspecified atom stereocenters. The molecule has 1 amide bonds. The summed E-state index contributed by atoms with van der Waals surface area (Å²) in [5, 5.41) is 2.75. The summed E-state index contributed by atoms with van der Waals surface area (Å²) in [7, 11) is 0. The van der Waals surface area contributed by atoms with Crippen LogP contribution in [0.5, 0.6) is 5.75 Å². The maximum absolute atomic E-state index is 11.8. The molecule has 0 fully saturated rings. The second kappa shape index (κ2) is 6.94. The van der Waals surface area contributed by atoms with Gasteiger partial charge in [0, 0.05) is 13.7 Å². The van der Waals surface area contributed by atoms with Crippen LogP contribution in [0.4, 0.5) is 11.4 Å². The highest BCUT2D eigenvalue weighted by atomic mass is 127. The molecule has 0 bridgehead atoms. The molecule has 2 rings (SSSR count). The Kier molecular flexibility index (Phi) is 5.24. The normalized spacial score (nSPS) is 10.1. The summed E-state index contributed by atoms with van der Waals surface area (Å²) in [5.74, 6) is 0.442. The number of anilines is 2. The van der Waals surface area contributed by atoms with Crippen LogP contribution in [0.15, 0.2) is 46.9 Å². The Balaban J connectivity index is 1.92. The fourth-order valence-electron chi connectivity index (χ4n) is 1.52. The quantitative estimate of drug-likeness (QED) is 0.556. The van der Waals surface area contributed by atoms with Crippen LogP contribution in [0.25, 0.3) is 0 Å². The van der Waals surface area contributed by atoms with Crippen molar-refractivity contribution in [1.29, 1.82) is 0 Å². The first-order chi connectivity index (χ1) is 9.54. The number of nitrogens with two attached hydrogens (primary N) is 1. The van der Waals surface area contributed by atoms with Crippen molar-refractivity contribution in [3.63, 3.8) is 0 Å². The number of amides is 1. The number of carbonyl (C=O) groups excluding carboxylic acids is 1. The smallest absolute Gasteiger partial charge is 0.262 e. The third kappa shape index (κ3) is 4.38. The van der Waals surface area contributed by atoms with Crippen molar-refractivity contribution in [2.24, 2.45) is 0 Å². The third-order valence-electron chi connectivity index (χ3n) is 2.43. The Morgan fingerprint density at radius 2 is 2.10 bits per heavy atom. The van der Waals surface area contributed by atoms with Crippen LogP contribution >= 0.6 is 38.5 Å². The Hall–Kier alpha value is -1.28. The highest BCUT2D eigenvalue weighted by molar-refractivity contribution is 14.1. The third-order valence-corrected chi connectivity index (χ3v) is 3.76. The van der Waals surface area contributed by atoms with E-state index in [-0.39, 0.29) is 12.5 Å². The summed E-state index contributed by atoms with van der Waals surface area (Å²) >= 11 is 5.53. The van der Waals surface area contributed by atoms with Crippen LogP contribution < -0.4 is 15.8 Å². The lowest BCUT2D eigenvalue weighted by molar-refractivity contribution is -0.118. The first-order valence-corrected chi connectivity index (χ1v) is 7.65. The summed E-state index contributed by atoms with van der Waals surface area (Å²) in [6.45, 7) is -0.0447. The zero-order chi connectivity index (χ0) is 14.5. The van der Waals surface area contributed by atoms with Gasteiger partial charge in [-0.1, -0.05) is 6.07 Å². The van der Waals surface area contributed by atoms with E-state index in [0.717, 1.165) is 8.04 Å².